The van der Waals surface area contributed by atoms with E-state index >= 15 is 0 Å². The molecule has 0 aliphatic carbocycles. The first-order chi connectivity index (χ1) is 7.74. The Balaban J connectivity index is 2.64. The Kier molecular flexibility index (Phi) is 4.95. The number of likely N-dealkylation sites (N-methyl/N-ethyl adjacent to an activating group) is 1. The van der Waals surface area contributed by atoms with E-state index < -0.39 is 15.7 Å². The molecule has 102 valence electrons. The Morgan fingerprint density at radius 2 is 2.06 bits per heavy atom. The van der Waals surface area contributed by atoms with Crippen LogP contribution in [0, 0.1) is 0 Å². The van der Waals surface area contributed by atoms with Gasteiger partial charge in [-0.05, 0) is 40.2 Å². The second kappa shape index (κ2) is 5.65. The van der Waals surface area contributed by atoms with E-state index in [0.717, 1.165) is 19.4 Å². The third-order valence-electron chi connectivity index (χ3n) is 2.71. The van der Waals surface area contributed by atoms with E-state index in [0.29, 0.717) is 19.1 Å². The molecule has 0 spiro atoms. The van der Waals surface area contributed by atoms with Gasteiger partial charge >= 0.3 is 0 Å². The van der Waals surface area contributed by atoms with Crippen LogP contribution in [0.15, 0.2) is 0 Å². The fourth-order valence-electron chi connectivity index (χ4n) is 2.01. The van der Waals surface area contributed by atoms with Crippen LogP contribution in [-0.4, -0.2) is 43.9 Å². The molecular formula is C11H25N3O2S. The van der Waals surface area contributed by atoms with Gasteiger partial charge in [0.2, 0.25) is 0 Å². The van der Waals surface area contributed by atoms with Crippen LogP contribution in [0.2, 0.25) is 0 Å². The molecular weight excluding hydrogens is 238 g/mol. The molecule has 0 bridgehead atoms. The molecule has 1 unspecified atom stereocenters. The topological polar surface area (TPSA) is 61.4 Å². The smallest absolute Gasteiger partial charge is 0.279 e. The van der Waals surface area contributed by atoms with E-state index in [1.807, 2.05) is 27.7 Å². The van der Waals surface area contributed by atoms with Crippen molar-refractivity contribution < 1.29 is 8.42 Å². The van der Waals surface area contributed by atoms with Crippen LogP contribution >= 0.6 is 0 Å². The zero-order valence-corrected chi connectivity index (χ0v) is 12.1. The minimum atomic E-state index is -3.37. The van der Waals surface area contributed by atoms with E-state index in [4.69, 9.17) is 0 Å². The van der Waals surface area contributed by atoms with E-state index in [-0.39, 0.29) is 0 Å². The highest BCUT2D eigenvalue weighted by molar-refractivity contribution is 7.87. The van der Waals surface area contributed by atoms with Gasteiger partial charge in [-0.1, -0.05) is 6.92 Å². The summed E-state index contributed by atoms with van der Waals surface area (Å²) in [5.74, 6) is 0. The van der Waals surface area contributed by atoms with E-state index in [1.165, 1.54) is 4.31 Å². The Hall–Kier alpha value is -0.170. The van der Waals surface area contributed by atoms with Crippen molar-refractivity contribution in [2.75, 3.05) is 19.6 Å². The van der Waals surface area contributed by atoms with Crippen LogP contribution in [-0.2, 0) is 10.2 Å². The molecule has 0 aromatic carbocycles. The first kappa shape index (κ1) is 14.9. The minimum absolute atomic E-state index is 0.298. The molecule has 0 saturated carbocycles. The highest BCUT2D eigenvalue weighted by Crippen LogP contribution is 2.11. The van der Waals surface area contributed by atoms with Crippen molar-refractivity contribution in [1.29, 1.82) is 0 Å². The molecule has 6 heteroatoms. The van der Waals surface area contributed by atoms with Gasteiger partial charge in [-0.15, -0.1) is 0 Å². The first-order valence-electron chi connectivity index (χ1n) is 6.27. The van der Waals surface area contributed by atoms with Crippen LogP contribution in [0.1, 0.15) is 40.5 Å². The monoisotopic (exact) mass is 263 g/mol. The van der Waals surface area contributed by atoms with Gasteiger partial charge in [0.05, 0.1) is 0 Å². The van der Waals surface area contributed by atoms with Crippen molar-refractivity contribution in [3.05, 3.63) is 0 Å². The number of nitrogens with one attached hydrogen (secondary N) is 2. The van der Waals surface area contributed by atoms with Gasteiger partial charge in [-0.25, -0.2) is 0 Å². The third-order valence-corrected chi connectivity index (χ3v) is 4.67. The minimum Gasteiger partial charge on any atom is -0.313 e. The largest absolute Gasteiger partial charge is 0.313 e. The first-order valence-corrected chi connectivity index (χ1v) is 7.71. The molecule has 1 aliphatic rings. The van der Waals surface area contributed by atoms with Crippen LogP contribution in [0.25, 0.3) is 0 Å². The average molecular weight is 263 g/mol. The maximum absolute atomic E-state index is 12.2. The lowest BCUT2D eigenvalue weighted by Crippen LogP contribution is -2.51. The summed E-state index contributed by atoms with van der Waals surface area (Å²) < 4.78 is 28.5. The van der Waals surface area contributed by atoms with Gasteiger partial charge in [0.1, 0.15) is 0 Å². The Labute approximate surface area is 105 Å². The molecule has 0 aromatic rings. The molecule has 0 aromatic heterocycles. The normalized spacial score (nSPS) is 22.3. The van der Waals surface area contributed by atoms with E-state index in [1.54, 1.807) is 0 Å². The van der Waals surface area contributed by atoms with E-state index in [2.05, 4.69) is 10.0 Å². The summed E-state index contributed by atoms with van der Waals surface area (Å²) in [5.41, 5.74) is -0.435. The van der Waals surface area contributed by atoms with Gasteiger partial charge in [0.25, 0.3) is 10.2 Å². The standard InChI is InChI=1S/C11H25N3O2S/c1-5-14(9-10-7-6-8-12-10)17(15,16)13-11(2,3)4/h10,12-13H,5-9H2,1-4H3. The lowest BCUT2D eigenvalue weighted by atomic mass is 10.1. The van der Waals surface area contributed by atoms with Gasteiger partial charge in [-0.3, -0.25) is 0 Å². The second-order valence-electron chi connectivity index (χ2n) is 5.60. The van der Waals surface area contributed by atoms with Gasteiger partial charge in [0.15, 0.2) is 0 Å². The Morgan fingerprint density at radius 3 is 2.47 bits per heavy atom. The zero-order valence-electron chi connectivity index (χ0n) is 11.3. The summed E-state index contributed by atoms with van der Waals surface area (Å²) in [6.07, 6.45) is 2.19. The van der Waals surface area contributed by atoms with E-state index in [9.17, 15) is 8.42 Å². The maximum atomic E-state index is 12.2. The maximum Gasteiger partial charge on any atom is 0.279 e. The quantitative estimate of drug-likeness (QED) is 0.767. The predicted octanol–water partition coefficient (Wildman–Crippen LogP) is 0.693. The predicted molar refractivity (Wildman–Crippen MR) is 70.1 cm³/mol. The highest BCUT2D eigenvalue weighted by Gasteiger charge is 2.28. The molecule has 17 heavy (non-hydrogen) atoms. The van der Waals surface area contributed by atoms with Crippen molar-refractivity contribution in [1.82, 2.24) is 14.3 Å². The Bertz CT molecular complexity index is 329. The highest BCUT2D eigenvalue weighted by atomic mass is 32.2. The van der Waals surface area contributed by atoms with Gasteiger partial charge < -0.3 is 5.32 Å². The van der Waals surface area contributed by atoms with Crippen molar-refractivity contribution in [2.24, 2.45) is 0 Å². The Morgan fingerprint density at radius 1 is 1.41 bits per heavy atom. The third kappa shape index (κ3) is 4.91. The van der Waals surface area contributed by atoms with Crippen molar-refractivity contribution in [2.45, 2.75) is 52.1 Å². The fraction of sp³-hybridized carbons (Fsp3) is 1.00. The summed E-state index contributed by atoms with van der Waals surface area (Å²) in [5, 5.41) is 3.32. The fourth-order valence-corrected chi connectivity index (χ4v) is 3.63. The number of hydrogen-bond acceptors (Lipinski definition) is 3. The van der Waals surface area contributed by atoms with Crippen molar-refractivity contribution >= 4 is 10.2 Å². The molecule has 1 fully saturated rings. The lowest BCUT2D eigenvalue weighted by molar-refractivity contribution is 0.364. The summed E-state index contributed by atoms with van der Waals surface area (Å²) >= 11 is 0. The summed E-state index contributed by atoms with van der Waals surface area (Å²) in [6.45, 7) is 9.49. The van der Waals surface area contributed by atoms with Crippen LogP contribution in [0.3, 0.4) is 0 Å². The van der Waals surface area contributed by atoms with Crippen molar-refractivity contribution in [3.63, 3.8) is 0 Å². The zero-order chi connectivity index (χ0) is 13.1. The molecule has 0 amide bonds. The van der Waals surface area contributed by atoms with Gasteiger partial charge in [0, 0.05) is 24.7 Å². The average Bonchev–Trinajstić information content (AvgIpc) is 2.61. The SMILES string of the molecule is CCN(CC1CCCN1)S(=O)(=O)NC(C)(C)C. The molecule has 5 nitrogen and oxygen atoms in total. The molecule has 1 rings (SSSR count). The van der Waals surface area contributed by atoms with Crippen LogP contribution in [0.5, 0.6) is 0 Å². The van der Waals surface area contributed by atoms with Crippen LogP contribution < -0.4 is 10.0 Å². The summed E-state index contributed by atoms with van der Waals surface area (Å²) in [7, 11) is -3.37. The molecule has 0 radical (unpaired) electrons. The number of nitrogens with zero attached hydrogens (tertiary/aromatic N) is 1. The molecule has 1 aliphatic heterocycles. The van der Waals surface area contributed by atoms with Crippen LogP contribution in [0.4, 0.5) is 0 Å². The molecule has 1 heterocycles. The number of hydrogen-bond donors (Lipinski definition) is 2. The number of rotatable bonds is 5. The lowest BCUT2D eigenvalue weighted by Gasteiger charge is -2.28. The second-order valence-corrected chi connectivity index (χ2v) is 7.27. The summed E-state index contributed by atoms with van der Waals surface area (Å²) in [4.78, 5) is 0. The molecule has 1 saturated heterocycles. The van der Waals surface area contributed by atoms with Crippen molar-refractivity contribution in [3.8, 4) is 0 Å². The molecule has 2 N–H and O–H groups in total. The summed E-state index contributed by atoms with van der Waals surface area (Å²) in [6, 6.07) is 0.298. The van der Waals surface area contributed by atoms with Gasteiger partial charge in [-0.2, -0.15) is 17.4 Å². The molecule has 1 atom stereocenters.